The summed E-state index contributed by atoms with van der Waals surface area (Å²) in [6.07, 6.45) is 10.5. The molecule has 1 saturated heterocycles. The molecule has 5 rings (SSSR count). The zero-order valence-electron chi connectivity index (χ0n) is 18.0. The van der Waals surface area contributed by atoms with Gasteiger partial charge in [0.05, 0.1) is 24.1 Å². The molecule has 2 aromatic heterocycles. The first-order valence-corrected chi connectivity index (χ1v) is 11.4. The van der Waals surface area contributed by atoms with Crippen molar-refractivity contribution in [3.8, 4) is 11.3 Å². The van der Waals surface area contributed by atoms with Crippen molar-refractivity contribution in [3.63, 3.8) is 0 Å². The molecule has 1 saturated carbocycles. The van der Waals surface area contributed by atoms with Crippen molar-refractivity contribution in [2.24, 2.45) is 0 Å². The van der Waals surface area contributed by atoms with Crippen molar-refractivity contribution >= 4 is 0 Å². The van der Waals surface area contributed by atoms with Crippen LogP contribution in [0, 0.1) is 0 Å². The van der Waals surface area contributed by atoms with Crippen LogP contribution in [0.15, 0.2) is 61.1 Å². The lowest BCUT2D eigenvalue weighted by molar-refractivity contribution is -0.145. The lowest BCUT2D eigenvalue weighted by Crippen LogP contribution is -2.63. The van der Waals surface area contributed by atoms with E-state index in [4.69, 9.17) is 4.74 Å². The summed E-state index contributed by atoms with van der Waals surface area (Å²) in [5.41, 5.74) is 4.67. The van der Waals surface area contributed by atoms with Gasteiger partial charge in [0.2, 0.25) is 0 Å². The zero-order valence-corrected chi connectivity index (χ0v) is 18.0. The Morgan fingerprint density at radius 1 is 1.13 bits per heavy atom. The molecule has 31 heavy (non-hydrogen) atoms. The van der Waals surface area contributed by atoms with Crippen LogP contribution in [-0.4, -0.2) is 51.4 Å². The molecule has 6 nitrogen and oxygen atoms in total. The number of rotatable bonds is 6. The van der Waals surface area contributed by atoms with Crippen LogP contribution in [0.3, 0.4) is 0 Å². The maximum Gasteiger partial charge on any atom is 0.0961 e. The number of H-pyrrole nitrogens is 1. The molecule has 0 amide bonds. The van der Waals surface area contributed by atoms with E-state index in [0.717, 1.165) is 51.3 Å². The highest BCUT2D eigenvalue weighted by Gasteiger charge is 2.45. The number of benzene rings is 1. The summed E-state index contributed by atoms with van der Waals surface area (Å²) >= 11 is 0. The minimum atomic E-state index is -0.116. The third-order valence-corrected chi connectivity index (χ3v) is 6.72. The fourth-order valence-electron chi connectivity index (χ4n) is 5.15. The topological polar surface area (TPSA) is 66.1 Å². The van der Waals surface area contributed by atoms with Crippen LogP contribution >= 0.6 is 0 Å². The number of nitrogens with zero attached hydrogens (tertiary/aromatic N) is 3. The maximum atomic E-state index is 6.53. The number of hydrogen-bond donors (Lipinski definition) is 2. The summed E-state index contributed by atoms with van der Waals surface area (Å²) < 4.78 is 6.53. The molecule has 1 aliphatic carbocycles. The maximum absolute atomic E-state index is 6.53. The largest absolute Gasteiger partial charge is 0.371 e. The Kier molecular flexibility index (Phi) is 6.11. The molecule has 1 aromatic carbocycles. The molecule has 3 aromatic rings. The molecule has 2 fully saturated rings. The summed E-state index contributed by atoms with van der Waals surface area (Å²) in [5.74, 6) is 0. The second-order valence-electron chi connectivity index (χ2n) is 8.80. The van der Waals surface area contributed by atoms with E-state index in [1.807, 2.05) is 30.7 Å². The molecule has 0 radical (unpaired) electrons. The first-order valence-electron chi connectivity index (χ1n) is 11.4. The van der Waals surface area contributed by atoms with E-state index in [1.54, 1.807) is 0 Å². The SMILES string of the molecule is c1ccc(-c2[nH]ncc2CN2CCO[C@]3(CCCC[C@@H]3NCc3cccnc3)C2)cc1. The number of aromatic amines is 1. The Bertz CT molecular complexity index is 956. The smallest absolute Gasteiger partial charge is 0.0961 e. The minimum absolute atomic E-state index is 0.116. The lowest BCUT2D eigenvalue weighted by Gasteiger charge is -2.50. The van der Waals surface area contributed by atoms with Gasteiger partial charge in [-0.15, -0.1) is 0 Å². The molecule has 3 heterocycles. The molecule has 6 heteroatoms. The fraction of sp³-hybridized carbons (Fsp3) is 0.440. The molecule has 1 aliphatic heterocycles. The number of morpholine rings is 1. The number of aromatic nitrogens is 3. The zero-order chi connectivity index (χ0) is 20.9. The van der Waals surface area contributed by atoms with E-state index in [9.17, 15) is 0 Å². The van der Waals surface area contributed by atoms with Crippen molar-refractivity contribution < 1.29 is 4.74 Å². The van der Waals surface area contributed by atoms with Gasteiger partial charge in [0, 0.05) is 50.2 Å². The molecule has 2 atom stereocenters. The van der Waals surface area contributed by atoms with Crippen LogP contribution in [0.25, 0.3) is 11.3 Å². The summed E-state index contributed by atoms with van der Waals surface area (Å²) in [4.78, 5) is 6.80. The van der Waals surface area contributed by atoms with Gasteiger partial charge in [-0.3, -0.25) is 15.0 Å². The van der Waals surface area contributed by atoms with E-state index < -0.39 is 0 Å². The molecule has 0 bridgehead atoms. The molecular weight excluding hydrogens is 386 g/mol. The molecule has 2 aliphatic rings. The Morgan fingerprint density at radius 2 is 2.06 bits per heavy atom. The van der Waals surface area contributed by atoms with Gasteiger partial charge >= 0.3 is 0 Å². The van der Waals surface area contributed by atoms with Crippen molar-refractivity contribution in [2.45, 2.75) is 50.4 Å². The van der Waals surface area contributed by atoms with Crippen LogP contribution in [0.5, 0.6) is 0 Å². The number of ether oxygens (including phenoxy) is 1. The van der Waals surface area contributed by atoms with E-state index in [0.29, 0.717) is 6.04 Å². The molecule has 2 N–H and O–H groups in total. The van der Waals surface area contributed by atoms with Crippen molar-refractivity contribution in [1.82, 2.24) is 25.4 Å². The average molecular weight is 418 g/mol. The third-order valence-electron chi connectivity index (χ3n) is 6.72. The van der Waals surface area contributed by atoms with E-state index in [2.05, 4.69) is 55.7 Å². The second kappa shape index (κ2) is 9.30. The van der Waals surface area contributed by atoms with Crippen molar-refractivity contribution in [3.05, 3.63) is 72.2 Å². The summed E-state index contributed by atoms with van der Waals surface area (Å²) in [6, 6.07) is 15.0. The first-order chi connectivity index (χ1) is 15.3. The van der Waals surface area contributed by atoms with Gasteiger partial charge in [-0.2, -0.15) is 5.10 Å². The van der Waals surface area contributed by atoms with Gasteiger partial charge < -0.3 is 10.1 Å². The summed E-state index contributed by atoms with van der Waals surface area (Å²) in [5, 5.41) is 11.4. The average Bonchev–Trinajstić information content (AvgIpc) is 3.28. The molecule has 162 valence electrons. The fourth-order valence-corrected chi connectivity index (χ4v) is 5.15. The number of nitrogens with one attached hydrogen (secondary N) is 2. The van der Waals surface area contributed by atoms with Gasteiger partial charge in [-0.1, -0.05) is 49.2 Å². The normalized spacial score (nSPS) is 24.5. The van der Waals surface area contributed by atoms with Gasteiger partial charge in [-0.05, 0) is 30.0 Å². The second-order valence-corrected chi connectivity index (χ2v) is 8.80. The quantitative estimate of drug-likeness (QED) is 0.639. The summed E-state index contributed by atoms with van der Waals surface area (Å²) in [7, 11) is 0. The van der Waals surface area contributed by atoms with Gasteiger partial charge in [-0.25, -0.2) is 0 Å². The Hall–Kier alpha value is -2.54. The first kappa shape index (κ1) is 20.4. The standard InChI is InChI=1S/C25H31N5O/c1-2-8-21(9-3-1)24-22(17-28-29-24)18-30-13-14-31-25(19-30)11-5-4-10-23(25)27-16-20-7-6-12-26-15-20/h1-3,6-9,12,15,17,23,27H,4-5,10-11,13-14,16,18-19H2,(H,28,29)/t23-,25+/m0/s1. The highest BCUT2D eigenvalue weighted by molar-refractivity contribution is 5.62. The van der Waals surface area contributed by atoms with Crippen molar-refractivity contribution in [2.75, 3.05) is 19.7 Å². The van der Waals surface area contributed by atoms with E-state index in [-0.39, 0.29) is 5.60 Å². The highest BCUT2D eigenvalue weighted by Crippen LogP contribution is 2.36. The van der Waals surface area contributed by atoms with Crippen LogP contribution in [0.2, 0.25) is 0 Å². The van der Waals surface area contributed by atoms with E-state index in [1.165, 1.54) is 29.5 Å². The van der Waals surface area contributed by atoms with Crippen LogP contribution in [0.1, 0.15) is 36.8 Å². The van der Waals surface area contributed by atoms with Gasteiger partial charge in [0.25, 0.3) is 0 Å². The third kappa shape index (κ3) is 4.56. The van der Waals surface area contributed by atoms with Crippen LogP contribution < -0.4 is 5.32 Å². The summed E-state index contributed by atoms with van der Waals surface area (Å²) in [6.45, 7) is 4.42. The van der Waals surface area contributed by atoms with Crippen molar-refractivity contribution in [1.29, 1.82) is 0 Å². The van der Waals surface area contributed by atoms with Crippen LogP contribution in [0.4, 0.5) is 0 Å². The minimum Gasteiger partial charge on any atom is -0.371 e. The Balaban J connectivity index is 1.29. The van der Waals surface area contributed by atoms with Gasteiger partial charge in [0.1, 0.15) is 0 Å². The predicted molar refractivity (Wildman–Crippen MR) is 121 cm³/mol. The van der Waals surface area contributed by atoms with Gasteiger partial charge in [0.15, 0.2) is 0 Å². The Morgan fingerprint density at radius 3 is 2.94 bits per heavy atom. The highest BCUT2D eigenvalue weighted by atomic mass is 16.5. The van der Waals surface area contributed by atoms with E-state index >= 15 is 0 Å². The Labute approximate surface area is 184 Å². The monoisotopic (exact) mass is 417 g/mol. The predicted octanol–water partition coefficient (Wildman–Crippen LogP) is 3.78. The molecule has 1 spiro atoms. The number of hydrogen-bond acceptors (Lipinski definition) is 5. The van der Waals surface area contributed by atoms with Crippen LogP contribution in [-0.2, 0) is 17.8 Å². The number of pyridine rings is 1. The molecular formula is C25H31N5O. The molecule has 0 unspecified atom stereocenters. The lowest BCUT2D eigenvalue weighted by atomic mass is 9.78.